The van der Waals surface area contributed by atoms with Crippen LogP contribution in [-0.2, 0) is 25.7 Å². The van der Waals surface area contributed by atoms with Crippen LogP contribution in [0.1, 0.15) is 89.0 Å². The van der Waals surface area contributed by atoms with E-state index in [1.54, 1.807) is 7.11 Å². The monoisotopic (exact) mass is 550 g/mol. The lowest BCUT2D eigenvalue weighted by Crippen LogP contribution is -2.08. The number of aryl methyl sites for hydroxylation is 4. The van der Waals surface area contributed by atoms with E-state index in [1.807, 2.05) is 26.0 Å². The Morgan fingerprint density at radius 3 is 1.05 bits per heavy atom. The number of phenolic OH excluding ortho intramolecular Hbond substituents is 3. The smallest absolute Gasteiger partial charge is 0.126 e. The Balaban J connectivity index is 1.89. The Bertz CT molecular complexity index is 1730. The summed E-state index contributed by atoms with van der Waals surface area (Å²) in [5, 5.41) is 35.1. The molecule has 0 unspecified atom stereocenters. The lowest BCUT2D eigenvalue weighted by Gasteiger charge is -2.24. The van der Waals surface area contributed by atoms with Crippen LogP contribution in [0.5, 0.6) is 23.0 Å². The van der Waals surface area contributed by atoms with E-state index in [0.717, 1.165) is 94.8 Å². The number of aromatic hydroxyl groups is 3. The molecule has 4 aromatic carbocycles. The van der Waals surface area contributed by atoms with Crippen molar-refractivity contribution >= 4 is 0 Å². The number of hydrogen-bond acceptors (Lipinski definition) is 4. The third-order valence-corrected chi connectivity index (χ3v) is 9.75. The number of rotatable bonds is 1. The number of methoxy groups -OCH3 is 1. The number of hydrogen-bond donors (Lipinski definition) is 3. The first-order valence-corrected chi connectivity index (χ1v) is 14.4. The topological polar surface area (TPSA) is 69.9 Å². The van der Waals surface area contributed by atoms with Gasteiger partial charge in [-0.15, -0.1) is 0 Å². The highest BCUT2D eigenvalue weighted by Gasteiger charge is 2.24. The number of benzene rings is 4. The van der Waals surface area contributed by atoms with E-state index in [4.69, 9.17) is 4.74 Å². The van der Waals surface area contributed by atoms with Gasteiger partial charge in [-0.25, -0.2) is 0 Å². The van der Waals surface area contributed by atoms with Crippen LogP contribution in [0.4, 0.5) is 0 Å². The Kier molecular flexibility index (Phi) is 7.31. The number of ether oxygens (including phenoxy) is 1. The average Bonchev–Trinajstić information content (AvgIpc) is 2.93. The molecule has 5 rings (SSSR count). The summed E-state index contributed by atoms with van der Waals surface area (Å²) in [5.74, 6) is 1.59. The van der Waals surface area contributed by atoms with Crippen molar-refractivity contribution in [2.45, 2.75) is 81.1 Å². The van der Waals surface area contributed by atoms with Gasteiger partial charge in [0.1, 0.15) is 23.0 Å². The first-order chi connectivity index (χ1) is 19.3. The van der Waals surface area contributed by atoms with Crippen molar-refractivity contribution in [3.63, 3.8) is 0 Å². The molecule has 0 saturated carbocycles. The third kappa shape index (κ3) is 4.73. The highest BCUT2D eigenvalue weighted by Crippen LogP contribution is 2.42. The summed E-state index contributed by atoms with van der Waals surface area (Å²) >= 11 is 0. The number of phenols is 3. The Morgan fingerprint density at radius 1 is 0.439 bits per heavy atom. The fourth-order valence-electron chi connectivity index (χ4n) is 6.59. The maximum absolute atomic E-state index is 11.7. The standard InChI is InChI=1S/C37H42O4/c1-18-10-26-14-31-23(6)20(3)12-28(36(31)40)16-33-25(8)21(4)13-29(37(33)41-9)17-32-24(7)19(2)11-27(35(32)39)15-30(22(18)5)34(26)38/h10-13,38-40H,14-17H2,1-9H3. The molecular weight excluding hydrogens is 508 g/mol. The Labute approximate surface area is 244 Å². The van der Waals surface area contributed by atoms with Crippen molar-refractivity contribution in [1.29, 1.82) is 0 Å². The quantitative estimate of drug-likeness (QED) is 0.198. The minimum absolute atomic E-state index is 0.236. The molecule has 4 nitrogen and oxygen atoms in total. The maximum Gasteiger partial charge on any atom is 0.126 e. The van der Waals surface area contributed by atoms with E-state index in [-0.39, 0.29) is 17.2 Å². The normalized spacial score (nSPS) is 12.9. The van der Waals surface area contributed by atoms with E-state index in [2.05, 4.69) is 53.7 Å². The highest BCUT2D eigenvalue weighted by atomic mass is 16.5. The molecule has 0 amide bonds. The van der Waals surface area contributed by atoms with Crippen molar-refractivity contribution in [3.05, 3.63) is 113 Å². The van der Waals surface area contributed by atoms with Gasteiger partial charge in [-0.3, -0.25) is 0 Å². The molecule has 0 aliphatic heterocycles. The molecule has 0 radical (unpaired) electrons. The fourth-order valence-corrected chi connectivity index (χ4v) is 6.59. The molecule has 0 heterocycles. The summed E-state index contributed by atoms with van der Waals surface area (Å²) < 4.78 is 6.09. The second kappa shape index (κ2) is 10.5. The van der Waals surface area contributed by atoms with Gasteiger partial charge >= 0.3 is 0 Å². The first-order valence-electron chi connectivity index (χ1n) is 14.4. The van der Waals surface area contributed by atoms with Gasteiger partial charge in [0.25, 0.3) is 0 Å². The van der Waals surface area contributed by atoms with Crippen molar-refractivity contribution in [1.82, 2.24) is 0 Å². The molecule has 0 aromatic heterocycles. The van der Waals surface area contributed by atoms with Crippen molar-refractivity contribution in [2.24, 2.45) is 0 Å². The van der Waals surface area contributed by atoms with E-state index >= 15 is 0 Å². The minimum atomic E-state index is 0.236. The summed E-state index contributed by atoms with van der Waals surface area (Å²) in [6.45, 7) is 16.6. The van der Waals surface area contributed by atoms with Gasteiger partial charge < -0.3 is 20.1 Å². The maximum atomic E-state index is 11.7. The molecule has 0 atom stereocenters. The minimum Gasteiger partial charge on any atom is -0.507 e. The van der Waals surface area contributed by atoms with Crippen LogP contribution in [0, 0.1) is 55.4 Å². The third-order valence-electron chi connectivity index (χ3n) is 9.75. The van der Waals surface area contributed by atoms with E-state index in [9.17, 15) is 15.3 Å². The van der Waals surface area contributed by atoms with Gasteiger partial charge in [0.2, 0.25) is 0 Å². The molecule has 3 N–H and O–H groups in total. The van der Waals surface area contributed by atoms with Crippen molar-refractivity contribution in [3.8, 4) is 23.0 Å². The molecule has 0 spiro atoms. The lowest BCUT2D eigenvalue weighted by atomic mass is 9.84. The zero-order valence-corrected chi connectivity index (χ0v) is 25.9. The molecule has 4 aromatic rings. The largest absolute Gasteiger partial charge is 0.507 e. The van der Waals surface area contributed by atoms with Gasteiger partial charge in [0.05, 0.1) is 7.11 Å². The van der Waals surface area contributed by atoms with Crippen LogP contribution in [-0.4, -0.2) is 22.4 Å². The summed E-state index contributed by atoms with van der Waals surface area (Å²) in [6, 6.07) is 8.32. The van der Waals surface area contributed by atoms with Crippen LogP contribution in [0.3, 0.4) is 0 Å². The molecule has 8 bridgehead atoms. The van der Waals surface area contributed by atoms with E-state index < -0.39 is 0 Å². The molecule has 0 fully saturated rings. The van der Waals surface area contributed by atoms with Crippen LogP contribution < -0.4 is 4.74 Å². The van der Waals surface area contributed by atoms with Gasteiger partial charge in [-0.05, 0) is 122 Å². The predicted molar refractivity (Wildman–Crippen MR) is 166 cm³/mol. The SMILES string of the molecule is COc1c2cc(C)c(C)c1Cc1cc(C)c(C)c(c1O)Cc1cc(C)c(C)c(c1O)Cc1cc(C)c(C)c(c1O)C2. The molecule has 41 heavy (non-hydrogen) atoms. The second-order valence-electron chi connectivity index (χ2n) is 12.1. The molecule has 0 saturated heterocycles. The fraction of sp³-hybridized carbons (Fsp3) is 0.351. The van der Waals surface area contributed by atoms with E-state index in [0.29, 0.717) is 25.7 Å². The van der Waals surface area contributed by atoms with Crippen molar-refractivity contribution < 1.29 is 20.1 Å². The first kappa shape index (κ1) is 28.6. The van der Waals surface area contributed by atoms with Crippen LogP contribution >= 0.6 is 0 Å². The Morgan fingerprint density at radius 2 is 0.707 bits per heavy atom. The van der Waals surface area contributed by atoms with Gasteiger partial charge in [0, 0.05) is 47.9 Å². The zero-order chi connectivity index (χ0) is 29.9. The van der Waals surface area contributed by atoms with Gasteiger partial charge in [-0.1, -0.05) is 24.3 Å². The van der Waals surface area contributed by atoms with Crippen molar-refractivity contribution in [2.75, 3.05) is 7.11 Å². The lowest BCUT2D eigenvalue weighted by molar-refractivity contribution is 0.404. The highest BCUT2D eigenvalue weighted by molar-refractivity contribution is 5.62. The summed E-state index contributed by atoms with van der Waals surface area (Å²) in [6.07, 6.45) is 1.84. The summed E-state index contributed by atoms with van der Waals surface area (Å²) in [5.41, 5.74) is 15.6. The van der Waals surface area contributed by atoms with E-state index in [1.165, 1.54) is 0 Å². The predicted octanol–water partition coefficient (Wildman–Crippen LogP) is 7.96. The average molecular weight is 551 g/mol. The number of fused-ring (bicyclic) bond motifs is 8. The zero-order valence-electron chi connectivity index (χ0n) is 25.9. The molecule has 214 valence electrons. The Hall–Kier alpha value is -3.92. The molecule has 4 heteroatoms. The van der Waals surface area contributed by atoms with Crippen LogP contribution in [0.2, 0.25) is 0 Å². The molecule has 1 aliphatic rings. The van der Waals surface area contributed by atoms with Crippen LogP contribution in [0.25, 0.3) is 0 Å². The summed E-state index contributed by atoms with van der Waals surface area (Å²) in [4.78, 5) is 0. The van der Waals surface area contributed by atoms with Gasteiger partial charge in [-0.2, -0.15) is 0 Å². The second-order valence-corrected chi connectivity index (χ2v) is 12.1. The van der Waals surface area contributed by atoms with Gasteiger partial charge in [0.15, 0.2) is 0 Å². The summed E-state index contributed by atoms with van der Waals surface area (Å²) in [7, 11) is 1.70. The molecular formula is C37H42O4. The molecule has 1 aliphatic carbocycles. The van der Waals surface area contributed by atoms with Crippen LogP contribution in [0.15, 0.2) is 24.3 Å².